The van der Waals surface area contributed by atoms with Crippen molar-refractivity contribution < 1.29 is 0 Å². The van der Waals surface area contributed by atoms with Crippen LogP contribution in [0.15, 0.2) is 35.5 Å². The molecule has 0 aliphatic carbocycles. The van der Waals surface area contributed by atoms with Gasteiger partial charge in [-0.2, -0.15) is 5.26 Å². The number of thioether (sulfide) groups is 1. The van der Waals surface area contributed by atoms with Gasteiger partial charge in [-0.3, -0.25) is 4.57 Å². The molecule has 5 heteroatoms. The van der Waals surface area contributed by atoms with Gasteiger partial charge in [-0.25, -0.2) is 0 Å². The molecule has 86 valence electrons. The summed E-state index contributed by atoms with van der Waals surface area (Å²) in [6.07, 6.45) is 0. The molecular weight excluding hydrogens is 232 g/mol. The first-order valence-corrected chi connectivity index (χ1v) is 6.14. The number of nitrogens with zero attached hydrogens (tertiary/aromatic N) is 4. The predicted molar refractivity (Wildman–Crippen MR) is 67.0 cm³/mol. The van der Waals surface area contributed by atoms with E-state index in [1.165, 1.54) is 11.8 Å². The van der Waals surface area contributed by atoms with Gasteiger partial charge in [0.2, 0.25) is 0 Å². The molecule has 0 unspecified atom stereocenters. The Morgan fingerprint density at radius 2 is 2.00 bits per heavy atom. The van der Waals surface area contributed by atoms with Crippen LogP contribution in [0.2, 0.25) is 0 Å². The zero-order chi connectivity index (χ0) is 12.3. The van der Waals surface area contributed by atoms with E-state index in [-0.39, 0.29) is 5.25 Å². The molecule has 0 aliphatic heterocycles. The van der Waals surface area contributed by atoms with Crippen molar-refractivity contribution >= 4 is 11.8 Å². The number of benzene rings is 1. The molecule has 0 amide bonds. The molecule has 1 aromatic heterocycles. The molecule has 1 heterocycles. The van der Waals surface area contributed by atoms with E-state index in [0.717, 1.165) is 16.7 Å². The largest absolute Gasteiger partial charge is 0.274 e. The second-order valence-electron chi connectivity index (χ2n) is 3.59. The third kappa shape index (κ3) is 2.48. The lowest BCUT2D eigenvalue weighted by atomic mass is 10.3. The third-order valence-electron chi connectivity index (χ3n) is 2.27. The minimum Gasteiger partial charge on any atom is -0.274 e. The average Bonchev–Trinajstić information content (AvgIpc) is 2.71. The Morgan fingerprint density at radius 1 is 1.29 bits per heavy atom. The first-order chi connectivity index (χ1) is 8.22. The van der Waals surface area contributed by atoms with E-state index in [1.54, 1.807) is 0 Å². The first-order valence-electron chi connectivity index (χ1n) is 5.26. The standard InChI is InChI=1S/C12H12N4S/c1-9(8-13)17-12-15-14-10(2)16(12)11-6-4-3-5-7-11/h3-7,9H,1-2H3/t9-/m1/s1. The topological polar surface area (TPSA) is 54.5 Å². The smallest absolute Gasteiger partial charge is 0.197 e. The number of para-hydroxylation sites is 1. The summed E-state index contributed by atoms with van der Waals surface area (Å²) in [6, 6.07) is 12.1. The summed E-state index contributed by atoms with van der Waals surface area (Å²) in [5, 5.41) is 17.6. The summed E-state index contributed by atoms with van der Waals surface area (Å²) < 4.78 is 1.96. The maximum absolute atomic E-state index is 8.84. The van der Waals surface area contributed by atoms with E-state index in [1.807, 2.05) is 48.7 Å². The lowest BCUT2D eigenvalue weighted by Gasteiger charge is -2.08. The molecule has 2 aromatic rings. The number of nitriles is 1. The number of hydrogen-bond acceptors (Lipinski definition) is 4. The van der Waals surface area contributed by atoms with E-state index in [9.17, 15) is 0 Å². The maximum atomic E-state index is 8.84. The Hall–Kier alpha value is -1.80. The SMILES string of the molecule is Cc1nnc(S[C@H](C)C#N)n1-c1ccccc1. The summed E-state index contributed by atoms with van der Waals surface area (Å²) in [5.74, 6) is 0.823. The van der Waals surface area contributed by atoms with Crippen LogP contribution in [-0.2, 0) is 0 Å². The molecule has 0 spiro atoms. The molecule has 0 saturated heterocycles. The van der Waals surface area contributed by atoms with Gasteiger partial charge in [0.25, 0.3) is 0 Å². The highest BCUT2D eigenvalue weighted by molar-refractivity contribution is 8.00. The Morgan fingerprint density at radius 3 is 2.65 bits per heavy atom. The summed E-state index contributed by atoms with van der Waals surface area (Å²) in [6.45, 7) is 3.76. The van der Waals surface area contributed by atoms with Crippen LogP contribution in [0, 0.1) is 18.3 Å². The van der Waals surface area contributed by atoms with Gasteiger partial charge in [-0.05, 0) is 26.0 Å². The van der Waals surface area contributed by atoms with Gasteiger partial charge in [0.15, 0.2) is 5.16 Å². The molecule has 17 heavy (non-hydrogen) atoms. The molecular formula is C12H12N4S. The normalized spacial score (nSPS) is 12.1. The summed E-state index contributed by atoms with van der Waals surface area (Å²) in [4.78, 5) is 0. The highest BCUT2D eigenvalue weighted by Crippen LogP contribution is 2.24. The van der Waals surface area contributed by atoms with Gasteiger partial charge >= 0.3 is 0 Å². The van der Waals surface area contributed by atoms with Crippen molar-refractivity contribution in [1.82, 2.24) is 14.8 Å². The van der Waals surface area contributed by atoms with Crippen LogP contribution in [0.3, 0.4) is 0 Å². The van der Waals surface area contributed by atoms with Crippen LogP contribution in [0.25, 0.3) is 5.69 Å². The van der Waals surface area contributed by atoms with Crippen molar-refractivity contribution in [2.24, 2.45) is 0 Å². The van der Waals surface area contributed by atoms with Gasteiger partial charge in [-0.1, -0.05) is 30.0 Å². The fourth-order valence-electron chi connectivity index (χ4n) is 1.48. The van der Waals surface area contributed by atoms with Crippen molar-refractivity contribution in [3.05, 3.63) is 36.2 Å². The first kappa shape index (κ1) is 11.7. The zero-order valence-corrected chi connectivity index (χ0v) is 10.5. The van der Waals surface area contributed by atoms with Crippen LogP contribution in [0.4, 0.5) is 0 Å². The summed E-state index contributed by atoms with van der Waals surface area (Å²) in [7, 11) is 0. The lowest BCUT2D eigenvalue weighted by Crippen LogP contribution is -2.01. The number of hydrogen-bond donors (Lipinski definition) is 0. The van der Waals surface area contributed by atoms with E-state index in [0.29, 0.717) is 0 Å². The van der Waals surface area contributed by atoms with Crippen LogP contribution >= 0.6 is 11.8 Å². The fraction of sp³-hybridized carbons (Fsp3) is 0.250. The molecule has 0 aliphatic rings. The minimum absolute atomic E-state index is 0.138. The molecule has 0 N–H and O–H groups in total. The van der Waals surface area contributed by atoms with Crippen LogP contribution in [0.5, 0.6) is 0 Å². The monoisotopic (exact) mass is 244 g/mol. The van der Waals surface area contributed by atoms with E-state index < -0.39 is 0 Å². The Kier molecular flexibility index (Phi) is 3.45. The van der Waals surface area contributed by atoms with Crippen molar-refractivity contribution in [1.29, 1.82) is 5.26 Å². The highest BCUT2D eigenvalue weighted by Gasteiger charge is 2.13. The van der Waals surface area contributed by atoms with E-state index >= 15 is 0 Å². The fourth-order valence-corrected chi connectivity index (χ4v) is 2.28. The van der Waals surface area contributed by atoms with Gasteiger partial charge < -0.3 is 0 Å². The molecule has 1 aromatic carbocycles. The second kappa shape index (κ2) is 5.02. The summed E-state index contributed by atoms with van der Waals surface area (Å²) >= 11 is 1.41. The summed E-state index contributed by atoms with van der Waals surface area (Å²) in [5.41, 5.74) is 1.02. The van der Waals surface area contributed by atoms with Gasteiger partial charge in [0.05, 0.1) is 11.3 Å². The van der Waals surface area contributed by atoms with Crippen molar-refractivity contribution in [2.75, 3.05) is 0 Å². The Balaban J connectivity index is 2.41. The maximum Gasteiger partial charge on any atom is 0.197 e. The molecule has 1 atom stereocenters. The van der Waals surface area contributed by atoms with Crippen molar-refractivity contribution in [2.45, 2.75) is 24.3 Å². The molecule has 0 radical (unpaired) electrons. The molecule has 2 rings (SSSR count). The predicted octanol–water partition coefficient (Wildman–Crippen LogP) is 2.58. The van der Waals surface area contributed by atoms with Gasteiger partial charge in [0, 0.05) is 5.69 Å². The third-order valence-corrected chi connectivity index (χ3v) is 3.21. The molecule has 0 fully saturated rings. The van der Waals surface area contributed by atoms with E-state index in [4.69, 9.17) is 5.26 Å². The number of aryl methyl sites for hydroxylation is 1. The van der Waals surface area contributed by atoms with Crippen molar-refractivity contribution in [3.63, 3.8) is 0 Å². The minimum atomic E-state index is -0.138. The van der Waals surface area contributed by atoms with Crippen LogP contribution < -0.4 is 0 Å². The van der Waals surface area contributed by atoms with Crippen LogP contribution in [-0.4, -0.2) is 20.0 Å². The highest BCUT2D eigenvalue weighted by atomic mass is 32.2. The molecule has 0 saturated carbocycles. The van der Waals surface area contributed by atoms with E-state index in [2.05, 4.69) is 16.3 Å². The Labute approximate surface area is 104 Å². The number of rotatable bonds is 3. The zero-order valence-electron chi connectivity index (χ0n) is 9.66. The average molecular weight is 244 g/mol. The van der Waals surface area contributed by atoms with Gasteiger partial charge in [0.1, 0.15) is 5.82 Å². The van der Waals surface area contributed by atoms with Gasteiger partial charge in [-0.15, -0.1) is 10.2 Å². The second-order valence-corrected chi connectivity index (χ2v) is 4.90. The lowest BCUT2D eigenvalue weighted by molar-refractivity contribution is 0.866. The van der Waals surface area contributed by atoms with Crippen LogP contribution in [0.1, 0.15) is 12.7 Å². The molecule has 4 nitrogen and oxygen atoms in total. The Bertz CT molecular complexity index is 541. The van der Waals surface area contributed by atoms with Crippen molar-refractivity contribution in [3.8, 4) is 11.8 Å². The number of aromatic nitrogens is 3. The molecule has 0 bridgehead atoms. The quantitative estimate of drug-likeness (QED) is 0.779.